The van der Waals surface area contributed by atoms with Crippen LogP contribution in [0.15, 0.2) is 24.3 Å². The number of hydrogen-bond donors (Lipinski definition) is 1. The minimum Gasteiger partial charge on any atom is -0.481 e. The van der Waals surface area contributed by atoms with Gasteiger partial charge in [-0.2, -0.15) is 4.37 Å². The predicted octanol–water partition coefficient (Wildman–Crippen LogP) is 2.57. The first-order chi connectivity index (χ1) is 10.6. The number of anilines is 1. The number of halogens is 1. The number of carbonyl (C=O) groups is 1. The second-order valence-electron chi connectivity index (χ2n) is 5.42. The van der Waals surface area contributed by atoms with E-state index in [-0.39, 0.29) is 11.7 Å². The molecule has 1 N–H and O–H groups in total. The number of rotatable bonds is 4. The lowest BCUT2D eigenvalue weighted by Gasteiger charge is -2.29. The average Bonchev–Trinajstić information content (AvgIpc) is 2.98. The molecule has 0 spiro atoms. The van der Waals surface area contributed by atoms with Crippen LogP contribution in [0.4, 0.5) is 9.52 Å². The molecular weight excluding hydrogens is 305 g/mol. The molecule has 0 unspecified atom stereocenters. The Morgan fingerprint density at radius 3 is 2.91 bits per heavy atom. The van der Waals surface area contributed by atoms with E-state index in [1.807, 2.05) is 4.90 Å². The van der Waals surface area contributed by atoms with Crippen molar-refractivity contribution in [1.82, 2.24) is 9.36 Å². The van der Waals surface area contributed by atoms with Crippen molar-refractivity contribution in [1.29, 1.82) is 0 Å². The maximum atomic E-state index is 12.9. The first-order valence-electron chi connectivity index (χ1n) is 7.16. The summed E-state index contributed by atoms with van der Waals surface area (Å²) in [4.78, 5) is 17.6. The first-order valence-corrected chi connectivity index (χ1v) is 7.94. The number of aromatic nitrogens is 2. The zero-order chi connectivity index (χ0) is 15.5. The van der Waals surface area contributed by atoms with Gasteiger partial charge in [0, 0.05) is 31.0 Å². The minimum atomic E-state index is -0.749. The van der Waals surface area contributed by atoms with Crippen LogP contribution in [0.3, 0.4) is 0 Å². The number of benzene rings is 1. The number of aliphatic carboxylic acids is 1. The molecule has 1 saturated heterocycles. The number of hydrogen-bond acceptors (Lipinski definition) is 5. The third-order valence-corrected chi connectivity index (χ3v) is 4.59. The van der Waals surface area contributed by atoms with E-state index in [1.165, 1.54) is 23.7 Å². The summed E-state index contributed by atoms with van der Waals surface area (Å²) < 4.78 is 17.2. The van der Waals surface area contributed by atoms with Gasteiger partial charge >= 0.3 is 5.97 Å². The van der Waals surface area contributed by atoms with E-state index in [1.54, 1.807) is 12.1 Å². The van der Waals surface area contributed by atoms with Gasteiger partial charge < -0.3 is 10.0 Å². The largest absolute Gasteiger partial charge is 0.481 e. The van der Waals surface area contributed by atoms with Crippen LogP contribution in [0.1, 0.15) is 24.2 Å². The van der Waals surface area contributed by atoms with E-state index in [9.17, 15) is 9.18 Å². The highest BCUT2D eigenvalue weighted by atomic mass is 32.1. The van der Waals surface area contributed by atoms with Gasteiger partial charge in [0.25, 0.3) is 0 Å². The minimum absolute atomic E-state index is 0.260. The second-order valence-corrected chi connectivity index (χ2v) is 6.15. The Kier molecular flexibility index (Phi) is 4.33. The molecule has 1 fully saturated rings. The highest BCUT2D eigenvalue weighted by molar-refractivity contribution is 7.09. The van der Waals surface area contributed by atoms with Crippen molar-refractivity contribution in [2.45, 2.75) is 19.3 Å². The van der Waals surface area contributed by atoms with Crippen LogP contribution in [0, 0.1) is 11.7 Å². The topological polar surface area (TPSA) is 66.3 Å². The van der Waals surface area contributed by atoms with Crippen LogP contribution in [0.5, 0.6) is 0 Å². The molecule has 0 bridgehead atoms. The Bertz CT molecular complexity index is 659. The molecule has 3 rings (SSSR count). The molecule has 0 radical (unpaired) electrons. The lowest BCUT2D eigenvalue weighted by atomic mass is 9.99. The van der Waals surface area contributed by atoms with Gasteiger partial charge in [-0.15, -0.1) is 0 Å². The fourth-order valence-electron chi connectivity index (χ4n) is 2.58. The molecule has 0 saturated carbocycles. The Morgan fingerprint density at radius 2 is 2.18 bits per heavy atom. The van der Waals surface area contributed by atoms with Crippen molar-refractivity contribution in [2.75, 3.05) is 18.0 Å². The molecule has 22 heavy (non-hydrogen) atoms. The number of carboxylic acids is 1. The summed E-state index contributed by atoms with van der Waals surface area (Å²) in [6, 6.07) is 6.28. The highest BCUT2D eigenvalue weighted by Gasteiger charge is 2.27. The molecule has 5 nitrogen and oxygen atoms in total. The normalized spacial score (nSPS) is 18.4. The third kappa shape index (κ3) is 3.41. The SMILES string of the molecule is O=C(O)[C@H]1CCCN(c2nc(Cc3ccc(F)cc3)ns2)C1. The molecular formula is C15H16FN3O2S. The number of piperidine rings is 1. The van der Waals surface area contributed by atoms with Gasteiger partial charge in [0.15, 0.2) is 0 Å². The molecule has 1 aliphatic rings. The van der Waals surface area contributed by atoms with E-state index in [0.717, 1.165) is 23.7 Å². The van der Waals surface area contributed by atoms with Gasteiger partial charge in [-0.05, 0) is 30.5 Å². The maximum Gasteiger partial charge on any atom is 0.308 e. The summed E-state index contributed by atoms with van der Waals surface area (Å²) in [5.41, 5.74) is 0.952. The molecule has 0 amide bonds. The molecule has 1 aliphatic heterocycles. The van der Waals surface area contributed by atoms with Crippen LogP contribution in [0.2, 0.25) is 0 Å². The van der Waals surface area contributed by atoms with Gasteiger partial charge in [-0.1, -0.05) is 12.1 Å². The Hall–Kier alpha value is -2.02. The first kappa shape index (κ1) is 14.9. The van der Waals surface area contributed by atoms with E-state index in [0.29, 0.717) is 25.2 Å². The monoisotopic (exact) mass is 321 g/mol. The van der Waals surface area contributed by atoms with Crippen molar-refractivity contribution in [3.8, 4) is 0 Å². The summed E-state index contributed by atoms with van der Waals surface area (Å²) in [5.74, 6) is -0.660. The standard InChI is InChI=1S/C15H16FN3O2S/c16-12-5-3-10(4-6-12)8-13-17-15(22-18-13)19-7-1-2-11(9-19)14(20)21/h3-6,11H,1-2,7-9H2,(H,20,21)/t11-/m0/s1. The molecule has 116 valence electrons. The molecule has 2 heterocycles. The quantitative estimate of drug-likeness (QED) is 0.937. The summed E-state index contributed by atoms with van der Waals surface area (Å²) in [6.07, 6.45) is 2.11. The Labute approximate surface area is 131 Å². The van der Waals surface area contributed by atoms with Gasteiger partial charge in [-0.3, -0.25) is 4.79 Å². The van der Waals surface area contributed by atoms with Crippen LogP contribution < -0.4 is 4.90 Å². The smallest absolute Gasteiger partial charge is 0.308 e. The fourth-order valence-corrected chi connectivity index (χ4v) is 3.30. The van der Waals surface area contributed by atoms with Gasteiger partial charge in [0.1, 0.15) is 11.6 Å². The Balaban J connectivity index is 1.68. The summed E-state index contributed by atoms with van der Waals surface area (Å²) in [6.45, 7) is 1.30. The number of carboxylic acid groups (broad SMARTS) is 1. The zero-order valence-electron chi connectivity index (χ0n) is 11.9. The average molecular weight is 321 g/mol. The van der Waals surface area contributed by atoms with Crippen LogP contribution in [0.25, 0.3) is 0 Å². The molecule has 0 aliphatic carbocycles. The molecule has 1 aromatic carbocycles. The Morgan fingerprint density at radius 1 is 1.41 bits per heavy atom. The summed E-state index contributed by atoms with van der Waals surface area (Å²) in [7, 11) is 0. The van der Waals surface area contributed by atoms with Crippen molar-refractivity contribution in [3.05, 3.63) is 41.5 Å². The van der Waals surface area contributed by atoms with Crippen LogP contribution in [-0.4, -0.2) is 33.5 Å². The highest BCUT2D eigenvalue weighted by Crippen LogP contribution is 2.25. The third-order valence-electron chi connectivity index (χ3n) is 3.77. The van der Waals surface area contributed by atoms with Crippen molar-refractivity contribution in [3.63, 3.8) is 0 Å². The zero-order valence-corrected chi connectivity index (χ0v) is 12.7. The second kappa shape index (κ2) is 6.39. The van der Waals surface area contributed by atoms with E-state index in [2.05, 4.69) is 9.36 Å². The van der Waals surface area contributed by atoms with E-state index in [4.69, 9.17) is 5.11 Å². The summed E-state index contributed by atoms with van der Waals surface area (Å²) >= 11 is 1.29. The maximum absolute atomic E-state index is 12.9. The van der Waals surface area contributed by atoms with Gasteiger partial charge in [0.2, 0.25) is 5.13 Å². The van der Waals surface area contributed by atoms with Crippen molar-refractivity contribution in [2.24, 2.45) is 5.92 Å². The van der Waals surface area contributed by atoms with Crippen molar-refractivity contribution >= 4 is 22.6 Å². The fraction of sp³-hybridized carbons (Fsp3) is 0.400. The lowest BCUT2D eigenvalue weighted by molar-refractivity contribution is -0.141. The van der Waals surface area contributed by atoms with Gasteiger partial charge in [0.05, 0.1) is 5.92 Å². The molecule has 2 aromatic rings. The molecule has 7 heteroatoms. The number of nitrogens with zero attached hydrogens (tertiary/aromatic N) is 3. The van der Waals surface area contributed by atoms with Crippen LogP contribution >= 0.6 is 11.5 Å². The predicted molar refractivity (Wildman–Crippen MR) is 81.7 cm³/mol. The lowest BCUT2D eigenvalue weighted by Crippen LogP contribution is -2.38. The van der Waals surface area contributed by atoms with Gasteiger partial charge in [-0.25, -0.2) is 9.37 Å². The van der Waals surface area contributed by atoms with E-state index >= 15 is 0 Å². The molecule has 1 aromatic heterocycles. The van der Waals surface area contributed by atoms with E-state index < -0.39 is 5.97 Å². The summed E-state index contributed by atoms with van der Waals surface area (Å²) in [5, 5.41) is 9.90. The molecule has 1 atom stereocenters. The van der Waals surface area contributed by atoms with Crippen LogP contribution in [-0.2, 0) is 11.2 Å². The van der Waals surface area contributed by atoms with Crippen molar-refractivity contribution < 1.29 is 14.3 Å².